The molecule has 6 heteroatoms. The van der Waals surface area contributed by atoms with E-state index in [-0.39, 0.29) is 12.1 Å². The Balaban J connectivity index is 2.16. The van der Waals surface area contributed by atoms with Crippen LogP contribution in [0.1, 0.15) is 6.92 Å². The third-order valence-corrected chi connectivity index (χ3v) is 4.44. The third kappa shape index (κ3) is 1.85. The highest BCUT2D eigenvalue weighted by Gasteiger charge is 2.35. The fraction of sp³-hybridized carbons (Fsp3) is 0.333. The van der Waals surface area contributed by atoms with Crippen LogP contribution >= 0.6 is 34.2 Å². The van der Waals surface area contributed by atoms with E-state index in [1.807, 2.05) is 19.2 Å². The second kappa shape index (κ2) is 4.47. The normalized spacial score (nSPS) is 23.2. The summed E-state index contributed by atoms with van der Waals surface area (Å²) >= 11 is 8.17. The molecular formula is C12H11ClIN3O. The van der Waals surface area contributed by atoms with Crippen LogP contribution in [-0.2, 0) is 0 Å². The van der Waals surface area contributed by atoms with Crippen LogP contribution in [0.3, 0.4) is 0 Å². The molecule has 0 radical (unpaired) electrons. The standard InChI is InChI=1S/C12H11ClIN3O/c1-6-10(18)5-17(6)12-8-3-15-11(13)2-7(8)9(14)4-16-12/h2-4,6,10,18H,5H2,1H3/t6-,10+/m1/s1. The van der Waals surface area contributed by atoms with E-state index >= 15 is 0 Å². The van der Waals surface area contributed by atoms with Crippen LogP contribution in [0.25, 0.3) is 10.8 Å². The molecule has 0 bridgehead atoms. The van der Waals surface area contributed by atoms with Crippen molar-refractivity contribution in [2.75, 3.05) is 11.4 Å². The first-order valence-electron chi connectivity index (χ1n) is 5.62. The molecule has 3 heterocycles. The SMILES string of the molecule is C[C@@H]1[C@@H](O)CN1c1ncc(I)c2cc(Cl)ncc12. The van der Waals surface area contributed by atoms with Crippen LogP contribution in [0, 0.1) is 3.57 Å². The Morgan fingerprint density at radius 1 is 1.39 bits per heavy atom. The van der Waals surface area contributed by atoms with Crippen LogP contribution in [0.2, 0.25) is 5.15 Å². The molecule has 0 unspecified atom stereocenters. The second-order valence-electron chi connectivity index (χ2n) is 4.44. The summed E-state index contributed by atoms with van der Waals surface area (Å²) in [6, 6.07) is 1.95. The van der Waals surface area contributed by atoms with Crippen molar-refractivity contribution in [3.05, 3.63) is 27.2 Å². The van der Waals surface area contributed by atoms with Gasteiger partial charge in [-0.3, -0.25) is 0 Å². The predicted octanol–water partition coefficient (Wildman–Crippen LogP) is 2.46. The van der Waals surface area contributed by atoms with Crippen molar-refractivity contribution in [1.82, 2.24) is 9.97 Å². The molecular weight excluding hydrogens is 365 g/mol. The van der Waals surface area contributed by atoms with Gasteiger partial charge in [0.2, 0.25) is 0 Å². The number of halogens is 2. The van der Waals surface area contributed by atoms with Crippen molar-refractivity contribution < 1.29 is 5.11 Å². The van der Waals surface area contributed by atoms with Gasteiger partial charge in [0, 0.05) is 33.3 Å². The summed E-state index contributed by atoms with van der Waals surface area (Å²) < 4.78 is 1.05. The van der Waals surface area contributed by atoms with Crippen molar-refractivity contribution >= 4 is 50.8 Å². The number of rotatable bonds is 1. The Morgan fingerprint density at radius 2 is 2.17 bits per heavy atom. The fourth-order valence-corrected chi connectivity index (χ4v) is 2.90. The molecule has 1 aliphatic heterocycles. The van der Waals surface area contributed by atoms with E-state index in [0.29, 0.717) is 11.7 Å². The number of aromatic nitrogens is 2. The molecule has 94 valence electrons. The number of hydrogen-bond acceptors (Lipinski definition) is 4. The highest BCUT2D eigenvalue weighted by Crippen LogP contribution is 2.33. The lowest BCUT2D eigenvalue weighted by molar-refractivity contribution is 0.0990. The zero-order valence-corrected chi connectivity index (χ0v) is 12.6. The van der Waals surface area contributed by atoms with Crippen molar-refractivity contribution in [2.24, 2.45) is 0 Å². The van der Waals surface area contributed by atoms with Crippen LogP contribution in [-0.4, -0.2) is 33.8 Å². The minimum Gasteiger partial charge on any atom is -0.389 e. The fourth-order valence-electron chi connectivity index (χ4n) is 2.16. The largest absolute Gasteiger partial charge is 0.389 e. The van der Waals surface area contributed by atoms with Gasteiger partial charge in [-0.05, 0) is 35.6 Å². The number of β-amino-alcohol motifs (C(OH)–C–C–N with tert-alkyl or cyclic N) is 1. The highest BCUT2D eigenvalue weighted by atomic mass is 127. The monoisotopic (exact) mass is 375 g/mol. The number of fused-ring (bicyclic) bond motifs is 1. The van der Waals surface area contributed by atoms with Gasteiger partial charge < -0.3 is 10.0 Å². The smallest absolute Gasteiger partial charge is 0.138 e. The Hall–Kier alpha value is -0.660. The van der Waals surface area contributed by atoms with Gasteiger partial charge in [0.1, 0.15) is 11.0 Å². The molecule has 0 saturated carbocycles. The maximum atomic E-state index is 9.61. The summed E-state index contributed by atoms with van der Waals surface area (Å²) in [5, 5.41) is 12.1. The van der Waals surface area contributed by atoms with E-state index in [9.17, 15) is 5.11 Å². The van der Waals surface area contributed by atoms with E-state index < -0.39 is 0 Å². The van der Waals surface area contributed by atoms with Gasteiger partial charge in [-0.2, -0.15) is 0 Å². The lowest BCUT2D eigenvalue weighted by Gasteiger charge is -2.44. The molecule has 0 aliphatic carbocycles. The van der Waals surface area contributed by atoms with Crippen LogP contribution in [0.5, 0.6) is 0 Å². The topological polar surface area (TPSA) is 49.2 Å². The summed E-state index contributed by atoms with van der Waals surface area (Å²) in [4.78, 5) is 10.7. The Bertz CT molecular complexity index is 622. The minimum atomic E-state index is -0.276. The maximum absolute atomic E-state index is 9.61. The zero-order valence-electron chi connectivity index (χ0n) is 9.64. The highest BCUT2D eigenvalue weighted by molar-refractivity contribution is 14.1. The molecule has 1 aliphatic rings. The third-order valence-electron chi connectivity index (χ3n) is 3.37. The maximum Gasteiger partial charge on any atom is 0.138 e. The first kappa shape index (κ1) is 12.4. The number of pyridine rings is 2. The molecule has 18 heavy (non-hydrogen) atoms. The van der Waals surface area contributed by atoms with Gasteiger partial charge in [-0.25, -0.2) is 9.97 Å². The summed E-state index contributed by atoms with van der Waals surface area (Å²) in [5.41, 5.74) is 0. The molecule has 4 nitrogen and oxygen atoms in total. The molecule has 0 aromatic carbocycles. The average Bonchev–Trinajstić information content (AvgIpc) is 2.37. The molecule has 1 fully saturated rings. The number of aliphatic hydroxyl groups is 1. The Labute approximate surface area is 123 Å². The van der Waals surface area contributed by atoms with Gasteiger partial charge in [-0.15, -0.1) is 0 Å². The molecule has 2 aromatic rings. The Morgan fingerprint density at radius 3 is 2.83 bits per heavy atom. The summed E-state index contributed by atoms with van der Waals surface area (Å²) in [7, 11) is 0. The van der Waals surface area contributed by atoms with E-state index in [0.717, 1.165) is 20.2 Å². The van der Waals surface area contributed by atoms with Crippen LogP contribution < -0.4 is 4.90 Å². The molecule has 0 spiro atoms. The van der Waals surface area contributed by atoms with Gasteiger partial charge in [0.25, 0.3) is 0 Å². The Kier molecular flexibility index (Phi) is 3.07. The molecule has 1 N–H and O–H groups in total. The number of aliphatic hydroxyl groups excluding tert-OH is 1. The zero-order chi connectivity index (χ0) is 12.9. The number of hydrogen-bond donors (Lipinski definition) is 1. The first-order valence-corrected chi connectivity index (χ1v) is 7.08. The predicted molar refractivity (Wildman–Crippen MR) is 80.1 cm³/mol. The van der Waals surface area contributed by atoms with E-state index in [1.165, 1.54) is 0 Å². The van der Waals surface area contributed by atoms with Crippen molar-refractivity contribution in [1.29, 1.82) is 0 Å². The molecule has 1 saturated heterocycles. The first-order chi connectivity index (χ1) is 8.58. The van der Waals surface area contributed by atoms with Crippen molar-refractivity contribution in [3.63, 3.8) is 0 Å². The van der Waals surface area contributed by atoms with Gasteiger partial charge in [0.15, 0.2) is 0 Å². The number of nitrogens with zero attached hydrogens (tertiary/aromatic N) is 3. The van der Waals surface area contributed by atoms with E-state index in [4.69, 9.17) is 11.6 Å². The lowest BCUT2D eigenvalue weighted by atomic mass is 10.0. The minimum absolute atomic E-state index is 0.0939. The second-order valence-corrected chi connectivity index (χ2v) is 5.99. The van der Waals surface area contributed by atoms with Crippen molar-refractivity contribution in [2.45, 2.75) is 19.1 Å². The van der Waals surface area contributed by atoms with Gasteiger partial charge >= 0.3 is 0 Å². The van der Waals surface area contributed by atoms with Crippen molar-refractivity contribution in [3.8, 4) is 0 Å². The summed E-state index contributed by atoms with van der Waals surface area (Å²) in [6.45, 7) is 2.61. The quantitative estimate of drug-likeness (QED) is 0.614. The van der Waals surface area contributed by atoms with Gasteiger partial charge in [-0.1, -0.05) is 11.6 Å². The lowest BCUT2D eigenvalue weighted by Crippen LogP contribution is -2.59. The summed E-state index contributed by atoms with van der Waals surface area (Å²) in [6.07, 6.45) is 3.30. The summed E-state index contributed by atoms with van der Waals surface area (Å²) in [5.74, 6) is 0.868. The molecule has 3 rings (SSSR count). The molecule has 2 atom stereocenters. The van der Waals surface area contributed by atoms with Crippen LogP contribution in [0.4, 0.5) is 5.82 Å². The van der Waals surface area contributed by atoms with E-state index in [2.05, 4.69) is 37.5 Å². The average molecular weight is 376 g/mol. The molecule has 0 amide bonds. The number of anilines is 1. The molecule has 2 aromatic heterocycles. The van der Waals surface area contributed by atoms with Gasteiger partial charge in [0.05, 0.1) is 12.1 Å². The van der Waals surface area contributed by atoms with E-state index in [1.54, 1.807) is 6.20 Å². The van der Waals surface area contributed by atoms with Crippen LogP contribution in [0.15, 0.2) is 18.5 Å².